The van der Waals surface area contributed by atoms with Gasteiger partial charge in [-0.3, -0.25) is 9.59 Å². The van der Waals surface area contributed by atoms with Gasteiger partial charge in [0.05, 0.1) is 6.07 Å². The topological polar surface area (TPSA) is 73.2 Å². The molecule has 0 heterocycles. The second-order valence-electron chi connectivity index (χ2n) is 6.66. The molecule has 134 valence electrons. The van der Waals surface area contributed by atoms with E-state index in [0.29, 0.717) is 24.0 Å². The predicted octanol–water partition coefficient (Wildman–Crippen LogP) is 3.03. The van der Waals surface area contributed by atoms with Gasteiger partial charge in [-0.1, -0.05) is 36.4 Å². The molecule has 0 saturated carbocycles. The number of rotatable bonds is 6. The van der Waals surface area contributed by atoms with Crippen molar-refractivity contribution < 1.29 is 9.59 Å². The van der Waals surface area contributed by atoms with Crippen LogP contribution in [0.15, 0.2) is 54.6 Å². The predicted molar refractivity (Wildman–Crippen MR) is 101 cm³/mol. The number of hydrogen-bond acceptors (Lipinski definition) is 3. The molecule has 2 aromatic rings. The number of carbonyl (C=O) groups excluding carboxylic acids is 2. The van der Waals surface area contributed by atoms with Gasteiger partial charge >= 0.3 is 0 Å². The van der Waals surface area contributed by atoms with Gasteiger partial charge in [0.2, 0.25) is 0 Å². The highest BCUT2D eigenvalue weighted by molar-refractivity contribution is 5.99. The minimum Gasteiger partial charge on any atom is -0.345 e. The molecule has 0 aliphatic carbocycles. The average molecular weight is 349 g/mol. The minimum atomic E-state index is -0.992. The number of nitrogens with zero attached hydrogens (tertiary/aromatic N) is 2. The summed E-state index contributed by atoms with van der Waals surface area (Å²) in [5.41, 5.74) is 0.917. The second-order valence-corrected chi connectivity index (χ2v) is 6.66. The number of amides is 2. The average Bonchev–Trinajstić information content (AvgIpc) is 2.66. The van der Waals surface area contributed by atoms with Crippen molar-refractivity contribution in [3.8, 4) is 6.07 Å². The van der Waals surface area contributed by atoms with Crippen LogP contribution in [-0.4, -0.2) is 36.3 Å². The monoisotopic (exact) mass is 349 g/mol. The van der Waals surface area contributed by atoms with Gasteiger partial charge in [-0.25, -0.2) is 0 Å². The molecule has 0 spiro atoms. The summed E-state index contributed by atoms with van der Waals surface area (Å²) in [6.07, 6.45) is 1.18. The maximum absolute atomic E-state index is 12.6. The third-order valence-electron chi connectivity index (χ3n) is 4.17. The Morgan fingerprint density at radius 2 is 1.73 bits per heavy atom. The number of nitriles is 1. The molecule has 0 radical (unpaired) electrons. The van der Waals surface area contributed by atoms with E-state index in [2.05, 4.69) is 11.4 Å². The summed E-state index contributed by atoms with van der Waals surface area (Å²) in [4.78, 5) is 26.1. The van der Waals surface area contributed by atoms with Gasteiger partial charge in [-0.15, -0.1) is 0 Å². The Morgan fingerprint density at radius 3 is 2.35 bits per heavy atom. The normalized spacial score (nSPS) is 12.5. The van der Waals surface area contributed by atoms with Crippen LogP contribution in [0.4, 0.5) is 0 Å². The van der Waals surface area contributed by atoms with Crippen molar-refractivity contribution in [1.29, 1.82) is 5.26 Å². The van der Waals surface area contributed by atoms with Gasteiger partial charge in [0.1, 0.15) is 5.54 Å². The Kier molecular flexibility index (Phi) is 6.13. The standard InChI is InChI=1S/C21H23N3O2/c1-21(15-22,13-12-16-8-5-4-6-9-16)23-19(25)17-10-7-11-18(14-17)20(26)24(2)3/h4-11,14H,12-13H2,1-3H3,(H,23,25)/t21-/m1/s1. The molecule has 0 saturated heterocycles. The Labute approximate surface area is 154 Å². The van der Waals surface area contributed by atoms with Crippen LogP contribution in [-0.2, 0) is 6.42 Å². The summed E-state index contributed by atoms with van der Waals surface area (Å²) in [7, 11) is 3.32. The zero-order chi connectivity index (χ0) is 19.2. The summed E-state index contributed by atoms with van der Waals surface area (Å²) in [5.74, 6) is -0.540. The molecule has 0 aromatic heterocycles. The summed E-state index contributed by atoms with van der Waals surface area (Å²) < 4.78 is 0. The molecule has 2 aromatic carbocycles. The van der Waals surface area contributed by atoms with Crippen LogP contribution in [0.1, 0.15) is 39.6 Å². The van der Waals surface area contributed by atoms with Crippen LogP contribution in [0.25, 0.3) is 0 Å². The number of aryl methyl sites for hydroxylation is 1. The van der Waals surface area contributed by atoms with E-state index < -0.39 is 5.54 Å². The molecule has 2 rings (SSSR count). The van der Waals surface area contributed by atoms with Gasteiger partial charge in [-0.2, -0.15) is 5.26 Å². The van der Waals surface area contributed by atoms with E-state index in [-0.39, 0.29) is 11.8 Å². The van der Waals surface area contributed by atoms with E-state index in [9.17, 15) is 14.9 Å². The summed E-state index contributed by atoms with van der Waals surface area (Å²) in [6.45, 7) is 1.71. The van der Waals surface area contributed by atoms with Crippen molar-refractivity contribution in [1.82, 2.24) is 10.2 Å². The molecule has 0 fully saturated rings. The van der Waals surface area contributed by atoms with Crippen LogP contribution >= 0.6 is 0 Å². The Hall–Kier alpha value is -3.13. The maximum atomic E-state index is 12.6. The molecule has 0 unspecified atom stereocenters. The molecule has 2 amide bonds. The van der Waals surface area contributed by atoms with E-state index in [0.717, 1.165) is 5.56 Å². The molecule has 1 N–H and O–H groups in total. The Bertz CT molecular complexity index is 825. The van der Waals surface area contributed by atoms with Gasteiger partial charge < -0.3 is 10.2 Å². The SMILES string of the molecule is CN(C)C(=O)c1cccc(C(=O)N[C@@](C)(C#N)CCc2ccccc2)c1. The number of benzene rings is 2. The summed E-state index contributed by atoms with van der Waals surface area (Å²) in [6, 6.07) is 18.5. The lowest BCUT2D eigenvalue weighted by atomic mass is 9.94. The first-order valence-corrected chi connectivity index (χ1v) is 8.44. The number of carbonyl (C=O) groups is 2. The fraction of sp³-hybridized carbons (Fsp3) is 0.286. The fourth-order valence-corrected chi connectivity index (χ4v) is 2.56. The van der Waals surface area contributed by atoms with E-state index in [4.69, 9.17) is 0 Å². The van der Waals surface area contributed by atoms with Gasteiger partial charge in [-0.05, 0) is 43.5 Å². The number of nitrogens with one attached hydrogen (secondary N) is 1. The first-order chi connectivity index (χ1) is 12.3. The van der Waals surface area contributed by atoms with Crippen molar-refractivity contribution in [3.05, 3.63) is 71.3 Å². The first kappa shape index (κ1) is 19.2. The fourth-order valence-electron chi connectivity index (χ4n) is 2.56. The lowest BCUT2D eigenvalue weighted by molar-refractivity contribution is 0.0827. The summed E-state index contributed by atoms with van der Waals surface area (Å²) >= 11 is 0. The lowest BCUT2D eigenvalue weighted by Gasteiger charge is -2.23. The molecular formula is C21H23N3O2. The van der Waals surface area contributed by atoms with Crippen molar-refractivity contribution in [2.75, 3.05) is 14.1 Å². The van der Waals surface area contributed by atoms with E-state index >= 15 is 0 Å². The van der Waals surface area contributed by atoms with Crippen molar-refractivity contribution >= 4 is 11.8 Å². The zero-order valence-electron chi connectivity index (χ0n) is 15.3. The minimum absolute atomic E-state index is 0.174. The second kappa shape index (κ2) is 8.30. The molecule has 26 heavy (non-hydrogen) atoms. The van der Waals surface area contributed by atoms with Crippen LogP contribution in [0.3, 0.4) is 0 Å². The molecular weight excluding hydrogens is 326 g/mol. The highest BCUT2D eigenvalue weighted by atomic mass is 16.2. The highest BCUT2D eigenvalue weighted by Crippen LogP contribution is 2.15. The largest absolute Gasteiger partial charge is 0.345 e. The summed E-state index contributed by atoms with van der Waals surface area (Å²) in [5, 5.41) is 12.3. The molecule has 5 heteroatoms. The zero-order valence-corrected chi connectivity index (χ0v) is 15.3. The van der Waals surface area contributed by atoms with Crippen molar-refractivity contribution in [2.45, 2.75) is 25.3 Å². The third-order valence-corrected chi connectivity index (χ3v) is 4.17. The van der Waals surface area contributed by atoms with Crippen molar-refractivity contribution in [3.63, 3.8) is 0 Å². The van der Waals surface area contributed by atoms with Gasteiger partial charge in [0.25, 0.3) is 11.8 Å². The van der Waals surface area contributed by atoms with Gasteiger partial charge in [0, 0.05) is 25.2 Å². The molecule has 1 atom stereocenters. The quantitative estimate of drug-likeness (QED) is 0.871. The molecule has 0 aliphatic rings. The van der Waals surface area contributed by atoms with Crippen molar-refractivity contribution in [2.24, 2.45) is 0 Å². The van der Waals surface area contributed by atoms with E-state index in [1.165, 1.54) is 4.90 Å². The Morgan fingerprint density at radius 1 is 1.08 bits per heavy atom. The van der Waals surface area contributed by atoms with Gasteiger partial charge in [0.15, 0.2) is 0 Å². The van der Waals surface area contributed by atoms with Crippen LogP contribution < -0.4 is 5.32 Å². The Balaban J connectivity index is 2.10. The van der Waals surface area contributed by atoms with Crippen LogP contribution in [0.5, 0.6) is 0 Å². The third kappa shape index (κ3) is 4.93. The maximum Gasteiger partial charge on any atom is 0.253 e. The van der Waals surface area contributed by atoms with Crippen LogP contribution in [0, 0.1) is 11.3 Å². The molecule has 5 nitrogen and oxygen atoms in total. The van der Waals surface area contributed by atoms with E-state index in [1.807, 2.05) is 30.3 Å². The molecule has 0 bridgehead atoms. The smallest absolute Gasteiger partial charge is 0.253 e. The first-order valence-electron chi connectivity index (χ1n) is 8.44. The van der Waals surface area contributed by atoms with E-state index in [1.54, 1.807) is 45.3 Å². The highest BCUT2D eigenvalue weighted by Gasteiger charge is 2.26. The van der Waals surface area contributed by atoms with Crippen LogP contribution in [0.2, 0.25) is 0 Å². The lowest BCUT2D eigenvalue weighted by Crippen LogP contribution is -2.45. The number of hydrogen-bond donors (Lipinski definition) is 1. The molecule has 0 aliphatic heterocycles.